The molecule has 4 rings (SSSR count). The van der Waals surface area contributed by atoms with Crippen LogP contribution < -0.4 is 5.32 Å². The second-order valence-electron chi connectivity index (χ2n) is 5.73. The minimum Gasteiger partial charge on any atom is -0.411 e. The van der Waals surface area contributed by atoms with E-state index in [4.69, 9.17) is 16.0 Å². The molecule has 4 aromatic rings. The van der Waals surface area contributed by atoms with Gasteiger partial charge in [-0.25, -0.2) is 4.98 Å². The lowest BCUT2D eigenvalue weighted by Crippen LogP contribution is -2.13. The van der Waals surface area contributed by atoms with Gasteiger partial charge in [0.05, 0.1) is 17.0 Å². The number of carbonyl (C=O) groups excluding carboxylic acids is 1. The summed E-state index contributed by atoms with van der Waals surface area (Å²) in [6.45, 7) is 0. The third kappa shape index (κ3) is 5.05. The molecule has 2 heterocycles. The van der Waals surface area contributed by atoms with Crippen LogP contribution in [0.4, 0.5) is 5.13 Å². The molecule has 0 fully saturated rings. The van der Waals surface area contributed by atoms with E-state index in [2.05, 4.69) is 36.4 Å². The number of halogens is 2. The highest BCUT2D eigenvalue weighted by atomic mass is 79.9. The molecule has 2 aromatic carbocycles. The molecule has 10 heteroatoms. The number of thiazole rings is 1. The average Bonchev–Trinajstić information content (AvgIpc) is 3.37. The molecule has 0 aliphatic carbocycles. The maximum atomic E-state index is 12.2. The number of carbonyl (C=O) groups is 1. The lowest BCUT2D eigenvalue weighted by molar-refractivity contribution is -0.113. The van der Waals surface area contributed by atoms with Gasteiger partial charge in [-0.15, -0.1) is 21.5 Å². The van der Waals surface area contributed by atoms with E-state index in [1.54, 1.807) is 12.1 Å². The van der Waals surface area contributed by atoms with Crippen LogP contribution in [-0.2, 0) is 4.79 Å². The molecule has 29 heavy (non-hydrogen) atoms. The molecule has 0 aliphatic heterocycles. The Kier molecular flexibility index (Phi) is 6.29. The number of rotatable bonds is 6. The van der Waals surface area contributed by atoms with Crippen LogP contribution in [0.25, 0.3) is 22.7 Å². The molecule has 0 unspecified atom stereocenters. The summed E-state index contributed by atoms with van der Waals surface area (Å²) >= 11 is 11.9. The highest BCUT2D eigenvalue weighted by Crippen LogP contribution is 2.29. The average molecular weight is 508 g/mol. The molecule has 0 radical (unpaired) electrons. The van der Waals surface area contributed by atoms with Crippen molar-refractivity contribution >= 4 is 61.7 Å². The number of aromatic nitrogens is 3. The summed E-state index contributed by atoms with van der Waals surface area (Å²) < 4.78 is 6.49. The van der Waals surface area contributed by atoms with Crippen molar-refractivity contribution < 1.29 is 9.21 Å². The fourth-order valence-corrected chi connectivity index (χ4v) is 4.26. The Morgan fingerprint density at radius 2 is 1.97 bits per heavy atom. The van der Waals surface area contributed by atoms with Gasteiger partial charge in [0.15, 0.2) is 5.13 Å². The van der Waals surface area contributed by atoms with E-state index in [0.717, 1.165) is 21.3 Å². The van der Waals surface area contributed by atoms with Gasteiger partial charge in [-0.2, -0.15) is 0 Å². The zero-order valence-electron chi connectivity index (χ0n) is 14.6. The molecule has 0 saturated carbocycles. The van der Waals surface area contributed by atoms with E-state index in [1.165, 1.54) is 23.1 Å². The van der Waals surface area contributed by atoms with Gasteiger partial charge < -0.3 is 9.73 Å². The summed E-state index contributed by atoms with van der Waals surface area (Å²) in [4.78, 5) is 16.7. The van der Waals surface area contributed by atoms with Crippen LogP contribution in [0.1, 0.15) is 0 Å². The van der Waals surface area contributed by atoms with Crippen LogP contribution in [-0.4, -0.2) is 26.8 Å². The summed E-state index contributed by atoms with van der Waals surface area (Å²) in [7, 11) is 0. The van der Waals surface area contributed by atoms with Crippen LogP contribution in [0.3, 0.4) is 0 Å². The number of anilines is 1. The van der Waals surface area contributed by atoms with Crippen molar-refractivity contribution in [2.45, 2.75) is 5.22 Å². The Balaban J connectivity index is 1.34. The van der Waals surface area contributed by atoms with Gasteiger partial charge in [0, 0.05) is 20.4 Å². The van der Waals surface area contributed by atoms with Gasteiger partial charge in [0.1, 0.15) is 0 Å². The van der Waals surface area contributed by atoms with Gasteiger partial charge >= 0.3 is 0 Å². The van der Waals surface area contributed by atoms with E-state index in [1.807, 2.05) is 41.8 Å². The Morgan fingerprint density at radius 1 is 1.17 bits per heavy atom. The Hall–Kier alpha value is -2.20. The van der Waals surface area contributed by atoms with Crippen LogP contribution in [0.2, 0.25) is 5.02 Å². The number of hydrogen-bond acceptors (Lipinski definition) is 7. The van der Waals surface area contributed by atoms with Crippen molar-refractivity contribution in [3.05, 3.63) is 63.4 Å². The first kappa shape index (κ1) is 20.1. The van der Waals surface area contributed by atoms with Gasteiger partial charge in [0.25, 0.3) is 5.22 Å². The molecular formula is C19H12BrClN4O2S2. The third-order valence-electron chi connectivity index (χ3n) is 3.73. The summed E-state index contributed by atoms with van der Waals surface area (Å²) in [6.07, 6.45) is 0. The van der Waals surface area contributed by atoms with Crippen molar-refractivity contribution in [3.8, 4) is 22.7 Å². The highest BCUT2D eigenvalue weighted by Gasteiger charge is 2.14. The smallest absolute Gasteiger partial charge is 0.277 e. The van der Waals surface area contributed by atoms with Crippen LogP contribution >= 0.6 is 50.6 Å². The van der Waals surface area contributed by atoms with Crippen molar-refractivity contribution in [3.63, 3.8) is 0 Å². The monoisotopic (exact) mass is 506 g/mol. The van der Waals surface area contributed by atoms with Crippen LogP contribution in [0.15, 0.2) is 68.0 Å². The highest BCUT2D eigenvalue weighted by molar-refractivity contribution is 9.10. The molecule has 146 valence electrons. The summed E-state index contributed by atoms with van der Waals surface area (Å²) in [5, 5.41) is 14.2. The lowest BCUT2D eigenvalue weighted by Gasteiger charge is -2.00. The topological polar surface area (TPSA) is 80.9 Å². The Bertz CT molecular complexity index is 1150. The second kappa shape index (κ2) is 9.08. The fraction of sp³-hybridized carbons (Fsp3) is 0.0526. The maximum absolute atomic E-state index is 12.2. The number of nitrogens with one attached hydrogen (secondary N) is 1. The van der Waals surface area contributed by atoms with E-state index in [9.17, 15) is 4.79 Å². The minimum absolute atomic E-state index is 0.132. The van der Waals surface area contributed by atoms with Crippen molar-refractivity contribution in [2.75, 3.05) is 11.1 Å². The normalized spacial score (nSPS) is 10.8. The molecule has 0 saturated heterocycles. The Morgan fingerprint density at radius 3 is 2.76 bits per heavy atom. The zero-order chi connectivity index (χ0) is 20.2. The number of benzene rings is 2. The summed E-state index contributed by atoms with van der Waals surface area (Å²) in [5.41, 5.74) is 2.52. The fourth-order valence-electron chi connectivity index (χ4n) is 2.38. The Labute approximate surface area is 187 Å². The minimum atomic E-state index is -0.201. The standard InChI is InChI=1S/C19H12BrClN4O2S2/c20-14-4-2-1-3-13(14)17-24-25-19(27-17)29-10-16(26)23-18-22-15(9-28-18)11-5-7-12(21)8-6-11/h1-9H,10H2,(H,22,23,26). The van der Waals surface area contributed by atoms with Crippen molar-refractivity contribution in [1.82, 2.24) is 15.2 Å². The molecule has 0 bridgehead atoms. The lowest BCUT2D eigenvalue weighted by atomic mass is 10.2. The SMILES string of the molecule is O=C(CSc1nnc(-c2ccccc2Br)o1)Nc1nc(-c2ccc(Cl)cc2)cs1. The number of thioether (sulfide) groups is 1. The first-order valence-electron chi connectivity index (χ1n) is 8.31. The largest absolute Gasteiger partial charge is 0.411 e. The van der Waals surface area contributed by atoms with E-state index < -0.39 is 0 Å². The van der Waals surface area contributed by atoms with Crippen LogP contribution in [0.5, 0.6) is 0 Å². The molecule has 0 atom stereocenters. The van der Waals surface area contributed by atoms with Crippen molar-refractivity contribution in [1.29, 1.82) is 0 Å². The molecule has 1 N–H and O–H groups in total. The van der Waals surface area contributed by atoms with Gasteiger partial charge in [-0.1, -0.05) is 47.6 Å². The molecular weight excluding hydrogens is 496 g/mol. The van der Waals surface area contributed by atoms with Gasteiger partial charge in [-0.3, -0.25) is 4.79 Å². The van der Waals surface area contributed by atoms with Gasteiger partial charge in [-0.05, 0) is 40.2 Å². The molecule has 0 aliphatic rings. The quantitative estimate of drug-likeness (QED) is 0.322. The number of amides is 1. The number of nitrogens with zero attached hydrogens (tertiary/aromatic N) is 3. The second-order valence-corrected chi connectivity index (χ2v) is 8.81. The summed E-state index contributed by atoms with van der Waals surface area (Å²) in [6, 6.07) is 14.9. The third-order valence-corrected chi connectivity index (χ3v) is 6.25. The predicted octanol–water partition coefficient (Wildman–Crippen LogP) is 6.01. The first-order valence-corrected chi connectivity index (χ1v) is 11.3. The zero-order valence-corrected chi connectivity index (χ0v) is 18.6. The van der Waals surface area contributed by atoms with Crippen LogP contribution in [0, 0.1) is 0 Å². The maximum Gasteiger partial charge on any atom is 0.277 e. The van der Waals surface area contributed by atoms with Crippen molar-refractivity contribution in [2.24, 2.45) is 0 Å². The predicted molar refractivity (Wildman–Crippen MR) is 119 cm³/mol. The van der Waals surface area contributed by atoms with E-state index in [-0.39, 0.29) is 11.7 Å². The molecule has 6 nitrogen and oxygen atoms in total. The van der Waals surface area contributed by atoms with Gasteiger partial charge in [0.2, 0.25) is 11.8 Å². The number of hydrogen-bond donors (Lipinski definition) is 1. The molecule has 0 spiro atoms. The first-order chi connectivity index (χ1) is 14.1. The van der Waals surface area contributed by atoms with E-state index in [0.29, 0.717) is 21.3 Å². The molecule has 1 amide bonds. The molecule has 2 aromatic heterocycles. The summed E-state index contributed by atoms with van der Waals surface area (Å²) in [5.74, 6) is 0.327. The van der Waals surface area contributed by atoms with E-state index >= 15 is 0 Å².